The summed E-state index contributed by atoms with van der Waals surface area (Å²) in [6.45, 7) is -0.210. The molecule has 122 valence electrons. The summed E-state index contributed by atoms with van der Waals surface area (Å²) < 4.78 is 5.39. The molecule has 0 spiro atoms. The van der Waals surface area contributed by atoms with E-state index in [0.717, 1.165) is 32.1 Å². The van der Waals surface area contributed by atoms with Crippen LogP contribution < -0.4 is 0 Å². The molecule has 0 amide bonds. The van der Waals surface area contributed by atoms with Crippen molar-refractivity contribution in [3.8, 4) is 0 Å². The van der Waals surface area contributed by atoms with Crippen LogP contribution >= 0.6 is 0 Å². The molecule has 4 aliphatic carbocycles. The van der Waals surface area contributed by atoms with Crippen LogP contribution in [0.2, 0.25) is 0 Å². The molecule has 0 radical (unpaired) electrons. The molecule has 4 nitrogen and oxygen atoms in total. The highest BCUT2D eigenvalue weighted by atomic mass is 16.5. The molecule has 0 saturated heterocycles. The van der Waals surface area contributed by atoms with E-state index in [-0.39, 0.29) is 18.4 Å². The Morgan fingerprint density at radius 2 is 1.74 bits per heavy atom. The third-order valence-electron chi connectivity index (χ3n) is 5.89. The molecule has 4 saturated carbocycles. The van der Waals surface area contributed by atoms with Gasteiger partial charge in [-0.25, -0.2) is 0 Å². The maximum atomic E-state index is 12.7. The zero-order chi connectivity index (χ0) is 16.1. The van der Waals surface area contributed by atoms with Crippen molar-refractivity contribution in [1.29, 1.82) is 0 Å². The topological polar surface area (TPSA) is 63.6 Å². The fraction of sp³-hybridized carbons (Fsp3) is 0.579. The van der Waals surface area contributed by atoms with Gasteiger partial charge in [0, 0.05) is 5.56 Å². The van der Waals surface area contributed by atoms with Crippen molar-refractivity contribution >= 4 is 11.8 Å². The molecule has 1 N–H and O–H groups in total. The van der Waals surface area contributed by atoms with Crippen LogP contribution in [-0.2, 0) is 9.53 Å². The Labute approximate surface area is 135 Å². The Bertz CT molecular complexity index is 622. The highest BCUT2D eigenvalue weighted by Crippen LogP contribution is 2.61. The minimum atomic E-state index is -0.688. The van der Waals surface area contributed by atoms with Gasteiger partial charge >= 0.3 is 5.97 Å². The van der Waals surface area contributed by atoms with Crippen LogP contribution in [0.25, 0.3) is 0 Å². The Morgan fingerprint density at radius 3 is 2.35 bits per heavy atom. The molecule has 2 atom stereocenters. The second-order valence-electron chi connectivity index (χ2n) is 7.83. The summed E-state index contributed by atoms with van der Waals surface area (Å²) in [6, 6.07) is 8.89. The molecule has 5 rings (SSSR count). The second-order valence-corrected chi connectivity index (χ2v) is 7.83. The lowest BCUT2D eigenvalue weighted by atomic mass is 9.48. The summed E-state index contributed by atoms with van der Waals surface area (Å²) in [5.74, 6) is 0.397. The molecular formula is C19H22O4. The molecule has 4 bridgehead atoms. The summed E-state index contributed by atoms with van der Waals surface area (Å²) in [7, 11) is 0. The van der Waals surface area contributed by atoms with E-state index < -0.39 is 11.0 Å². The first-order valence-corrected chi connectivity index (χ1v) is 8.46. The number of ether oxygens (including phenoxy) is 1. The molecular weight excluding hydrogens is 292 g/mol. The van der Waals surface area contributed by atoms with E-state index in [0.29, 0.717) is 23.8 Å². The fourth-order valence-electron chi connectivity index (χ4n) is 5.44. The number of rotatable bonds is 4. The SMILES string of the molecule is O=C(COC(=O)C12CC3CC(CC(O)(C3)C1)C2)c1ccccc1. The lowest BCUT2D eigenvalue weighted by molar-refractivity contribution is -0.195. The van der Waals surface area contributed by atoms with Crippen molar-refractivity contribution < 1.29 is 19.4 Å². The lowest BCUT2D eigenvalue weighted by Gasteiger charge is -2.58. The average Bonchev–Trinajstić information content (AvgIpc) is 2.50. The number of ketones is 1. The van der Waals surface area contributed by atoms with Crippen molar-refractivity contribution in [1.82, 2.24) is 0 Å². The maximum absolute atomic E-state index is 12.7. The number of carbonyl (C=O) groups is 2. The van der Waals surface area contributed by atoms with Gasteiger partial charge < -0.3 is 9.84 Å². The number of hydrogen-bond acceptors (Lipinski definition) is 4. The molecule has 0 aromatic heterocycles. The van der Waals surface area contributed by atoms with Gasteiger partial charge in [-0.1, -0.05) is 30.3 Å². The molecule has 4 fully saturated rings. The van der Waals surface area contributed by atoms with Crippen molar-refractivity contribution in [3.05, 3.63) is 35.9 Å². The zero-order valence-corrected chi connectivity index (χ0v) is 13.2. The third-order valence-corrected chi connectivity index (χ3v) is 5.89. The largest absolute Gasteiger partial charge is 0.457 e. The maximum Gasteiger partial charge on any atom is 0.312 e. The minimum absolute atomic E-state index is 0.178. The Kier molecular flexibility index (Phi) is 3.34. The van der Waals surface area contributed by atoms with Crippen molar-refractivity contribution in [2.45, 2.75) is 44.1 Å². The smallest absolute Gasteiger partial charge is 0.312 e. The number of aliphatic hydroxyl groups is 1. The predicted octanol–water partition coefficient (Wildman–Crippen LogP) is 2.74. The third kappa shape index (κ3) is 2.59. The van der Waals surface area contributed by atoms with E-state index in [1.54, 1.807) is 24.3 Å². The van der Waals surface area contributed by atoms with E-state index >= 15 is 0 Å². The van der Waals surface area contributed by atoms with E-state index in [1.165, 1.54) is 0 Å². The first-order chi connectivity index (χ1) is 11.0. The van der Waals surface area contributed by atoms with E-state index in [1.807, 2.05) is 6.07 Å². The molecule has 2 unspecified atom stereocenters. The summed E-state index contributed by atoms with van der Waals surface area (Å²) in [5, 5.41) is 10.7. The highest BCUT2D eigenvalue weighted by Gasteiger charge is 2.60. The van der Waals surface area contributed by atoms with E-state index in [2.05, 4.69) is 0 Å². The number of carbonyl (C=O) groups excluding carboxylic acids is 2. The Balaban J connectivity index is 1.44. The number of benzene rings is 1. The molecule has 1 aromatic carbocycles. The van der Waals surface area contributed by atoms with Gasteiger partial charge in [-0.15, -0.1) is 0 Å². The van der Waals surface area contributed by atoms with E-state index in [9.17, 15) is 14.7 Å². The number of hydrogen-bond donors (Lipinski definition) is 1. The summed E-state index contributed by atoms with van der Waals surface area (Å²) in [4.78, 5) is 24.8. The molecule has 23 heavy (non-hydrogen) atoms. The number of esters is 1. The van der Waals surface area contributed by atoms with Gasteiger partial charge in [0.2, 0.25) is 0 Å². The summed E-state index contributed by atoms with van der Waals surface area (Å²) >= 11 is 0. The van der Waals surface area contributed by atoms with E-state index in [4.69, 9.17) is 4.74 Å². The Hall–Kier alpha value is -1.68. The first-order valence-electron chi connectivity index (χ1n) is 8.46. The average molecular weight is 314 g/mol. The van der Waals surface area contributed by atoms with Crippen LogP contribution in [0, 0.1) is 17.3 Å². The van der Waals surface area contributed by atoms with Crippen molar-refractivity contribution in [2.24, 2.45) is 17.3 Å². The van der Waals surface area contributed by atoms with Gasteiger partial charge in [-0.2, -0.15) is 0 Å². The quantitative estimate of drug-likeness (QED) is 0.685. The molecule has 4 heteroatoms. The van der Waals surface area contributed by atoms with Gasteiger partial charge in [0.15, 0.2) is 12.4 Å². The van der Waals surface area contributed by atoms with Crippen LogP contribution in [0.4, 0.5) is 0 Å². The molecule has 0 aliphatic heterocycles. The normalized spacial score (nSPS) is 37.6. The van der Waals surface area contributed by atoms with Gasteiger partial charge in [0.05, 0.1) is 11.0 Å². The predicted molar refractivity (Wildman–Crippen MR) is 83.8 cm³/mol. The van der Waals surface area contributed by atoms with Crippen LogP contribution in [-0.4, -0.2) is 29.1 Å². The van der Waals surface area contributed by atoms with Gasteiger partial charge in [-0.3, -0.25) is 9.59 Å². The zero-order valence-electron chi connectivity index (χ0n) is 13.2. The second kappa shape index (κ2) is 5.17. The van der Waals surface area contributed by atoms with Crippen LogP contribution in [0.1, 0.15) is 48.9 Å². The standard InChI is InChI=1S/C19H22O4/c20-16(15-4-2-1-3-5-15)11-23-17(21)18-7-13-6-14(8-18)10-19(22,9-13)12-18/h1-5,13-14,22H,6-12H2. The summed E-state index contributed by atoms with van der Waals surface area (Å²) in [5.41, 5.74) is -0.688. The van der Waals surface area contributed by atoms with Crippen LogP contribution in [0.5, 0.6) is 0 Å². The molecule has 1 aromatic rings. The number of Topliss-reactive ketones (excluding diaryl/α,β-unsaturated/α-hetero) is 1. The van der Waals surface area contributed by atoms with Crippen LogP contribution in [0.15, 0.2) is 30.3 Å². The molecule has 4 aliphatic rings. The lowest BCUT2D eigenvalue weighted by Crippen LogP contribution is -2.58. The highest BCUT2D eigenvalue weighted by molar-refractivity contribution is 5.98. The van der Waals surface area contributed by atoms with Gasteiger partial charge in [0.1, 0.15) is 0 Å². The van der Waals surface area contributed by atoms with Crippen molar-refractivity contribution in [3.63, 3.8) is 0 Å². The van der Waals surface area contributed by atoms with Crippen molar-refractivity contribution in [2.75, 3.05) is 6.61 Å². The van der Waals surface area contributed by atoms with Crippen LogP contribution in [0.3, 0.4) is 0 Å². The molecule has 0 heterocycles. The minimum Gasteiger partial charge on any atom is -0.457 e. The van der Waals surface area contributed by atoms with Gasteiger partial charge in [-0.05, 0) is 50.4 Å². The van der Waals surface area contributed by atoms with Gasteiger partial charge in [0.25, 0.3) is 0 Å². The monoisotopic (exact) mass is 314 g/mol. The fourth-order valence-corrected chi connectivity index (χ4v) is 5.44. The summed E-state index contributed by atoms with van der Waals surface area (Å²) in [6.07, 6.45) is 4.89. The Morgan fingerprint density at radius 1 is 1.09 bits per heavy atom. The first kappa shape index (κ1) is 14.9.